The summed E-state index contributed by atoms with van der Waals surface area (Å²) in [6.45, 7) is 0.543. The number of nitrogens with one attached hydrogen (secondary N) is 1. The van der Waals surface area contributed by atoms with Crippen LogP contribution in [0.15, 0.2) is 36.7 Å². The number of carbonyl (C=O) groups excluding carboxylic acids is 1. The van der Waals surface area contributed by atoms with Crippen molar-refractivity contribution in [2.45, 2.75) is 13.0 Å². The van der Waals surface area contributed by atoms with Gasteiger partial charge in [-0.05, 0) is 18.2 Å². The highest BCUT2D eigenvalue weighted by Gasteiger charge is 2.24. The quantitative estimate of drug-likeness (QED) is 0.454. The van der Waals surface area contributed by atoms with Gasteiger partial charge in [-0.15, -0.1) is 0 Å². The van der Waals surface area contributed by atoms with Gasteiger partial charge < -0.3 is 15.0 Å². The number of benzene rings is 2. The van der Waals surface area contributed by atoms with E-state index in [1.807, 2.05) is 6.07 Å². The van der Waals surface area contributed by atoms with Gasteiger partial charge in [0.15, 0.2) is 23.0 Å². The smallest absolute Gasteiger partial charge is 0.256 e. The number of anilines is 1. The van der Waals surface area contributed by atoms with Crippen LogP contribution in [0.4, 0.5) is 19.1 Å². The van der Waals surface area contributed by atoms with E-state index in [0.29, 0.717) is 24.3 Å². The Hall–Kier alpha value is -4.59. The largest absolute Gasteiger partial charge is 0.493 e. The Bertz CT molecular complexity index is 1570. The molecule has 5 rings (SSSR count). The van der Waals surface area contributed by atoms with E-state index in [2.05, 4.69) is 15.3 Å². The molecule has 0 bridgehead atoms. The number of aromatic nitrogens is 3. The van der Waals surface area contributed by atoms with Crippen LogP contribution in [0.1, 0.15) is 27.2 Å². The molecule has 36 heavy (non-hydrogen) atoms. The number of nitrogens with zero attached hydrogens (tertiary/aromatic N) is 5. The molecule has 2 aromatic heterocycles. The molecule has 1 N–H and O–H groups in total. The molecule has 2 aromatic carbocycles. The van der Waals surface area contributed by atoms with Crippen molar-refractivity contribution in [3.63, 3.8) is 0 Å². The fourth-order valence-electron chi connectivity index (χ4n) is 4.19. The average Bonchev–Trinajstić information content (AvgIpc) is 3.52. The summed E-state index contributed by atoms with van der Waals surface area (Å²) in [5.74, 6) is -2.76. The average molecular weight is 492 g/mol. The second-order valence-electron chi connectivity index (χ2n) is 8.37. The zero-order valence-electron chi connectivity index (χ0n) is 19.3. The van der Waals surface area contributed by atoms with Gasteiger partial charge in [0.25, 0.3) is 5.91 Å². The Labute approximate surface area is 203 Å². The Kier molecular flexibility index (Phi) is 5.72. The monoisotopic (exact) mass is 492 g/mol. The maximum absolute atomic E-state index is 15.1. The lowest BCUT2D eigenvalue weighted by molar-refractivity contribution is 0.0822. The minimum atomic E-state index is -1.30. The molecule has 0 fully saturated rings. The molecule has 1 aliphatic rings. The molecule has 1 aliphatic heterocycles. The molecule has 11 heteroatoms. The first kappa shape index (κ1) is 23.2. The van der Waals surface area contributed by atoms with Crippen LogP contribution in [0.25, 0.3) is 16.8 Å². The lowest BCUT2D eigenvalue weighted by atomic mass is 10.0. The second kappa shape index (κ2) is 8.88. The van der Waals surface area contributed by atoms with E-state index in [4.69, 9.17) is 4.74 Å². The molecule has 8 nitrogen and oxygen atoms in total. The summed E-state index contributed by atoms with van der Waals surface area (Å²) in [5.41, 5.74) is 0.880. The lowest BCUT2D eigenvalue weighted by Gasteiger charge is -2.14. The van der Waals surface area contributed by atoms with Gasteiger partial charge in [-0.25, -0.2) is 23.1 Å². The number of rotatable bonds is 5. The molecule has 4 aromatic rings. The molecule has 0 radical (unpaired) electrons. The van der Waals surface area contributed by atoms with Gasteiger partial charge in [0.1, 0.15) is 17.6 Å². The summed E-state index contributed by atoms with van der Waals surface area (Å²) in [4.78, 5) is 21.8. The van der Waals surface area contributed by atoms with Gasteiger partial charge in [0.2, 0.25) is 5.95 Å². The van der Waals surface area contributed by atoms with Crippen LogP contribution in [0.3, 0.4) is 0 Å². The summed E-state index contributed by atoms with van der Waals surface area (Å²) in [7, 11) is 2.87. The number of hydrogen-bond acceptors (Lipinski definition) is 6. The number of hydrogen-bond donors (Lipinski definition) is 1. The lowest BCUT2D eigenvalue weighted by Crippen LogP contribution is -2.23. The molecular formula is C25H19F3N6O2. The fraction of sp³-hybridized carbons (Fsp3) is 0.200. The van der Waals surface area contributed by atoms with E-state index < -0.39 is 28.9 Å². The van der Waals surface area contributed by atoms with Crippen molar-refractivity contribution < 1.29 is 22.7 Å². The first-order valence-electron chi connectivity index (χ1n) is 10.9. The zero-order valence-corrected chi connectivity index (χ0v) is 19.3. The van der Waals surface area contributed by atoms with Gasteiger partial charge in [0, 0.05) is 55.5 Å². The summed E-state index contributed by atoms with van der Waals surface area (Å²) >= 11 is 0. The van der Waals surface area contributed by atoms with Crippen LogP contribution in [0, 0.1) is 28.8 Å². The van der Waals surface area contributed by atoms with Gasteiger partial charge in [0.05, 0.1) is 18.4 Å². The predicted molar refractivity (Wildman–Crippen MR) is 124 cm³/mol. The third kappa shape index (κ3) is 3.76. The maximum Gasteiger partial charge on any atom is 0.256 e. The third-order valence-corrected chi connectivity index (χ3v) is 5.98. The summed E-state index contributed by atoms with van der Waals surface area (Å²) < 4.78 is 51.3. The topological polar surface area (TPSA) is 95.5 Å². The molecule has 0 spiro atoms. The Morgan fingerprint density at radius 2 is 2.00 bits per heavy atom. The van der Waals surface area contributed by atoms with Gasteiger partial charge in [-0.1, -0.05) is 6.07 Å². The molecule has 0 aliphatic carbocycles. The van der Waals surface area contributed by atoms with E-state index in [1.165, 1.54) is 49.1 Å². The molecule has 0 saturated carbocycles. The first-order valence-corrected chi connectivity index (χ1v) is 10.9. The summed E-state index contributed by atoms with van der Waals surface area (Å²) in [6, 6.07) is 7.30. The molecular weight excluding hydrogens is 473 g/mol. The number of halogens is 3. The van der Waals surface area contributed by atoms with E-state index >= 15 is 4.39 Å². The summed E-state index contributed by atoms with van der Waals surface area (Å²) in [6.07, 6.45) is 3.25. The Balaban J connectivity index is 1.56. The number of fused-ring (bicyclic) bond motifs is 2. The highest BCUT2D eigenvalue weighted by Crippen LogP contribution is 2.32. The molecule has 0 atom stereocenters. The van der Waals surface area contributed by atoms with Gasteiger partial charge >= 0.3 is 0 Å². The molecule has 0 saturated heterocycles. The first-order chi connectivity index (χ1) is 17.3. The van der Waals surface area contributed by atoms with Crippen molar-refractivity contribution in [2.24, 2.45) is 0 Å². The third-order valence-electron chi connectivity index (χ3n) is 5.98. The molecule has 1 amide bonds. The minimum Gasteiger partial charge on any atom is -0.493 e. The van der Waals surface area contributed by atoms with Gasteiger partial charge in [-0.3, -0.25) is 9.20 Å². The van der Waals surface area contributed by atoms with E-state index in [9.17, 15) is 18.8 Å². The predicted octanol–water partition coefficient (Wildman–Crippen LogP) is 3.93. The van der Waals surface area contributed by atoms with Gasteiger partial charge in [-0.2, -0.15) is 5.26 Å². The highest BCUT2D eigenvalue weighted by atomic mass is 19.2. The van der Waals surface area contributed by atoms with Crippen LogP contribution in [0.2, 0.25) is 0 Å². The van der Waals surface area contributed by atoms with E-state index in [1.54, 1.807) is 6.07 Å². The van der Waals surface area contributed by atoms with Crippen molar-refractivity contribution in [2.75, 3.05) is 26.0 Å². The fourth-order valence-corrected chi connectivity index (χ4v) is 4.19. The standard InChI is InChI=1S/C25H19F3N6O2/c1-33(2)24(35)16-4-3-15(21(27)22(16)28)18-11-31-25(34-12-13(9-29)32-23(18)34)30-10-17-14-7-8-36-20(14)6-5-19(17)26/h3-6,11-12H,7-8,10H2,1-2H3,(H,30,31). The van der Waals surface area contributed by atoms with Crippen molar-refractivity contribution in [3.8, 4) is 22.9 Å². The van der Waals surface area contributed by atoms with Crippen LogP contribution in [-0.2, 0) is 13.0 Å². The Morgan fingerprint density at radius 1 is 1.19 bits per heavy atom. The van der Waals surface area contributed by atoms with Crippen LogP contribution in [-0.4, -0.2) is 45.9 Å². The van der Waals surface area contributed by atoms with Crippen molar-refractivity contribution in [1.82, 2.24) is 19.3 Å². The van der Waals surface area contributed by atoms with E-state index in [-0.39, 0.29) is 35.0 Å². The Morgan fingerprint density at radius 3 is 2.75 bits per heavy atom. The minimum absolute atomic E-state index is 0.0211. The van der Waals surface area contributed by atoms with Crippen molar-refractivity contribution >= 4 is 17.5 Å². The van der Waals surface area contributed by atoms with Crippen molar-refractivity contribution in [3.05, 3.63) is 76.5 Å². The number of amides is 1. The second-order valence-corrected chi connectivity index (χ2v) is 8.37. The maximum atomic E-state index is 15.1. The number of ether oxygens (including phenoxy) is 1. The normalized spacial score (nSPS) is 12.2. The zero-order chi connectivity index (χ0) is 25.6. The number of nitriles is 1. The van der Waals surface area contributed by atoms with E-state index in [0.717, 1.165) is 10.5 Å². The molecule has 182 valence electrons. The number of carbonyl (C=O) groups is 1. The van der Waals surface area contributed by atoms with Crippen LogP contribution >= 0.6 is 0 Å². The SMILES string of the molecule is CN(C)C(=O)c1ccc(-c2cnc(NCc3c(F)ccc4c3CCO4)n3cc(C#N)nc23)c(F)c1F. The van der Waals surface area contributed by atoms with Crippen molar-refractivity contribution in [1.29, 1.82) is 5.26 Å². The summed E-state index contributed by atoms with van der Waals surface area (Å²) in [5, 5.41) is 12.4. The number of imidazole rings is 1. The van der Waals surface area contributed by atoms with Crippen LogP contribution in [0.5, 0.6) is 5.75 Å². The highest BCUT2D eigenvalue weighted by molar-refractivity contribution is 5.95. The molecule has 0 unspecified atom stereocenters. The molecule has 3 heterocycles. The van der Waals surface area contributed by atoms with Crippen LogP contribution < -0.4 is 10.1 Å².